The summed E-state index contributed by atoms with van der Waals surface area (Å²) in [7, 11) is 1.83. The van der Waals surface area contributed by atoms with Gasteiger partial charge >= 0.3 is 0 Å². The minimum atomic E-state index is 0.500. The minimum absolute atomic E-state index is 0.500. The summed E-state index contributed by atoms with van der Waals surface area (Å²) >= 11 is 0. The molecule has 0 aromatic heterocycles. The average Bonchev–Trinajstić information content (AvgIpc) is 2.16. The first kappa shape index (κ1) is 11.1. The molecule has 1 N–H and O–H groups in total. The molecular formula is C12H22N2O. The maximum Gasteiger partial charge on any atom is 0.0595 e. The van der Waals surface area contributed by atoms with Crippen molar-refractivity contribution in [2.24, 2.45) is 0 Å². The van der Waals surface area contributed by atoms with Gasteiger partial charge in [-0.05, 0) is 25.3 Å². The fraction of sp³-hybridized carbons (Fsp3) is 0.833. The van der Waals surface area contributed by atoms with Gasteiger partial charge in [-0.1, -0.05) is 5.57 Å². The van der Waals surface area contributed by atoms with E-state index in [0.717, 1.165) is 19.6 Å². The second-order valence-corrected chi connectivity index (χ2v) is 4.70. The number of rotatable bonds is 3. The highest BCUT2D eigenvalue weighted by molar-refractivity contribution is 5.22. The highest BCUT2D eigenvalue weighted by atomic mass is 16.5. The van der Waals surface area contributed by atoms with Crippen molar-refractivity contribution in [2.45, 2.75) is 25.9 Å². The predicted molar refractivity (Wildman–Crippen MR) is 62.0 cm³/mol. The van der Waals surface area contributed by atoms with E-state index in [-0.39, 0.29) is 0 Å². The van der Waals surface area contributed by atoms with Crippen LogP contribution in [0.25, 0.3) is 0 Å². The second-order valence-electron chi connectivity index (χ2n) is 4.70. The normalized spacial score (nSPS) is 24.0. The molecule has 3 heteroatoms. The van der Waals surface area contributed by atoms with E-state index >= 15 is 0 Å². The fourth-order valence-corrected chi connectivity index (χ4v) is 2.30. The molecule has 0 amide bonds. The van der Waals surface area contributed by atoms with Crippen molar-refractivity contribution in [1.82, 2.24) is 10.2 Å². The van der Waals surface area contributed by atoms with Crippen LogP contribution in [-0.2, 0) is 4.74 Å². The van der Waals surface area contributed by atoms with Crippen LogP contribution >= 0.6 is 0 Å². The van der Waals surface area contributed by atoms with Gasteiger partial charge in [-0.15, -0.1) is 0 Å². The van der Waals surface area contributed by atoms with E-state index < -0.39 is 0 Å². The van der Waals surface area contributed by atoms with Crippen LogP contribution in [0.2, 0.25) is 0 Å². The van der Waals surface area contributed by atoms with Crippen molar-refractivity contribution < 1.29 is 4.74 Å². The maximum absolute atomic E-state index is 5.38. The van der Waals surface area contributed by atoms with Crippen LogP contribution in [0.4, 0.5) is 0 Å². The molecule has 0 radical (unpaired) electrons. The zero-order valence-electron chi connectivity index (χ0n) is 9.88. The number of likely N-dealkylation sites (tertiary alicyclic amines) is 1. The first-order valence-corrected chi connectivity index (χ1v) is 5.93. The summed E-state index contributed by atoms with van der Waals surface area (Å²) in [6.45, 7) is 8.04. The van der Waals surface area contributed by atoms with Crippen LogP contribution < -0.4 is 5.32 Å². The molecule has 15 heavy (non-hydrogen) atoms. The van der Waals surface area contributed by atoms with Crippen molar-refractivity contribution in [2.75, 3.05) is 39.8 Å². The van der Waals surface area contributed by atoms with Gasteiger partial charge in [-0.3, -0.25) is 4.90 Å². The quantitative estimate of drug-likeness (QED) is 0.704. The molecule has 2 saturated heterocycles. The molecule has 2 rings (SSSR count). The van der Waals surface area contributed by atoms with Gasteiger partial charge < -0.3 is 10.1 Å². The van der Waals surface area contributed by atoms with Crippen molar-refractivity contribution in [1.29, 1.82) is 0 Å². The first-order valence-electron chi connectivity index (χ1n) is 5.93. The molecule has 86 valence electrons. The van der Waals surface area contributed by atoms with E-state index in [1.165, 1.54) is 25.9 Å². The molecule has 0 saturated carbocycles. The summed E-state index contributed by atoms with van der Waals surface area (Å²) in [6.07, 6.45) is 2.88. The predicted octanol–water partition coefficient (Wildman–Crippen LogP) is 1.02. The Labute approximate surface area is 92.5 Å². The lowest BCUT2D eigenvalue weighted by atomic mass is 10.0. The highest BCUT2D eigenvalue weighted by Crippen LogP contribution is 2.16. The summed E-state index contributed by atoms with van der Waals surface area (Å²) < 4.78 is 5.38. The van der Waals surface area contributed by atoms with Crippen LogP contribution in [0.3, 0.4) is 0 Å². The van der Waals surface area contributed by atoms with Gasteiger partial charge in [0.05, 0.1) is 6.10 Å². The number of piperidine rings is 1. The summed E-state index contributed by atoms with van der Waals surface area (Å²) in [5.41, 5.74) is 3.19. The van der Waals surface area contributed by atoms with Crippen LogP contribution in [0.5, 0.6) is 0 Å². The lowest BCUT2D eigenvalue weighted by Crippen LogP contribution is -2.40. The molecule has 2 aliphatic rings. The smallest absolute Gasteiger partial charge is 0.0595 e. The Morgan fingerprint density at radius 2 is 2.07 bits per heavy atom. The molecule has 0 unspecified atom stereocenters. The molecule has 0 bridgehead atoms. The van der Waals surface area contributed by atoms with Crippen LogP contribution in [0, 0.1) is 0 Å². The van der Waals surface area contributed by atoms with E-state index in [1.54, 1.807) is 11.1 Å². The lowest BCUT2D eigenvalue weighted by molar-refractivity contribution is 0.0437. The molecule has 2 fully saturated rings. The molecule has 2 heterocycles. The van der Waals surface area contributed by atoms with E-state index in [9.17, 15) is 0 Å². The van der Waals surface area contributed by atoms with Crippen molar-refractivity contribution in [3.8, 4) is 0 Å². The third kappa shape index (κ3) is 2.80. The topological polar surface area (TPSA) is 24.5 Å². The number of nitrogens with zero attached hydrogens (tertiary/aromatic N) is 1. The lowest BCUT2D eigenvalue weighted by Gasteiger charge is -2.32. The third-order valence-electron chi connectivity index (χ3n) is 3.61. The summed E-state index contributed by atoms with van der Waals surface area (Å²) in [6, 6.07) is 0. The highest BCUT2D eigenvalue weighted by Gasteiger charge is 2.20. The van der Waals surface area contributed by atoms with Gasteiger partial charge in [-0.2, -0.15) is 0 Å². The molecule has 0 aromatic rings. The molecule has 2 aliphatic heterocycles. The van der Waals surface area contributed by atoms with Gasteiger partial charge in [0.2, 0.25) is 0 Å². The van der Waals surface area contributed by atoms with Gasteiger partial charge in [0.1, 0.15) is 0 Å². The van der Waals surface area contributed by atoms with Gasteiger partial charge in [0.15, 0.2) is 0 Å². The van der Waals surface area contributed by atoms with E-state index in [2.05, 4.69) is 17.1 Å². The molecule has 0 spiro atoms. The maximum atomic E-state index is 5.38. The summed E-state index contributed by atoms with van der Waals surface area (Å²) in [5.74, 6) is 0. The number of hydrogen-bond donors (Lipinski definition) is 1. The molecule has 3 nitrogen and oxygen atoms in total. The van der Waals surface area contributed by atoms with Crippen LogP contribution in [0.15, 0.2) is 11.1 Å². The summed E-state index contributed by atoms with van der Waals surface area (Å²) in [5, 5.41) is 3.30. The van der Waals surface area contributed by atoms with Crippen molar-refractivity contribution in [3.63, 3.8) is 0 Å². The fourth-order valence-electron chi connectivity index (χ4n) is 2.30. The number of ether oxygens (including phenoxy) is 1. The van der Waals surface area contributed by atoms with Gasteiger partial charge in [0.25, 0.3) is 0 Å². The minimum Gasteiger partial charge on any atom is -0.381 e. The average molecular weight is 210 g/mol. The van der Waals surface area contributed by atoms with Crippen molar-refractivity contribution >= 4 is 0 Å². The molecular weight excluding hydrogens is 188 g/mol. The number of hydrogen-bond acceptors (Lipinski definition) is 3. The largest absolute Gasteiger partial charge is 0.381 e. The van der Waals surface area contributed by atoms with E-state index in [4.69, 9.17) is 4.74 Å². The Hall–Kier alpha value is -0.380. The molecule has 0 aliphatic carbocycles. The standard InChI is InChI=1S/C12H22N2O/c1-10(11-7-13-8-11)9-14-5-3-12(15-2)4-6-14/h12-13H,3-9H2,1-2H3. The Balaban J connectivity index is 1.76. The Morgan fingerprint density at radius 1 is 1.40 bits per heavy atom. The van der Waals surface area contributed by atoms with Crippen LogP contribution in [-0.4, -0.2) is 50.8 Å². The molecule has 0 atom stereocenters. The zero-order valence-corrected chi connectivity index (χ0v) is 9.88. The number of methoxy groups -OCH3 is 1. The monoisotopic (exact) mass is 210 g/mol. The van der Waals surface area contributed by atoms with Gasteiger partial charge in [-0.25, -0.2) is 0 Å². The Bertz CT molecular complexity index is 236. The van der Waals surface area contributed by atoms with Gasteiger partial charge in [0, 0.05) is 39.8 Å². The Morgan fingerprint density at radius 3 is 2.53 bits per heavy atom. The van der Waals surface area contributed by atoms with Crippen molar-refractivity contribution in [3.05, 3.63) is 11.1 Å². The SMILES string of the molecule is COC1CCN(CC(C)=C2CNC2)CC1. The van der Waals surface area contributed by atoms with E-state index in [0.29, 0.717) is 6.10 Å². The third-order valence-corrected chi connectivity index (χ3v) is 3.61. The number of nitrogens with one attached hydrogen (secondary N) is 1. The second kappa shape index (κ2) is 5.10. The Kier molecular flexibility index (Phi) is 3.78. The van der Waals surface area contributed by atoms with Crippen LogP contribution in [0.1, 0.15) is 19.8 Å². The van der Waals surface area contributed by atoms with E-state index in [1.807, 2.05) is 7.11 Å². The molecule has 0 aromatic carbocycles. The summed E-state index contributed by atoms with van der Waals surface area (Å²) in [4.78, 5) is 2.55. The first-order chi connectivity index (χ1) is 7.29. The zero-order chi connectivity index (χ0) is 10.7.